The van der Waals surface area contributed by atoms with Crippen LogP contribution in [0.2, 0.25) is 0 Å². The van der Waals surface area contributed by atoms with Gasteiger partial charge in [0.25, 0.3) is 0 Å². The molecule has 0 saturated heterocycles. The highest BCUT2D eigenvalue weighted by Gasteiger charge is 2.22. The van der Waals surface area contributed by atoms with Crippen molar-refractivity contribution in [2.24, 2.45) is 5.41 Å². The lowest BCUT2D eigenvalue weighted by Crippen LogP contribution is -2.16. The number of hydrogen-bond acceptors (Lipinski definition) is 0. The molecule has 1 saturated carbocycles. The zero-order chi connectivity index (χ0) is 8.16. The summed E-state index contributed by atoms with van der Waals surface area (Å²) in [6.07, 6.45) is 11.7. The van der Waals surface area contributed by atoms with Crippen LogP contribution in [0.15, 0.2) is 12.2 Å². The van der Waals surface area contributed by atoms with E-state index in [2.05, 4.69) is 35.0 Å². The Kier molecular flexibility index (Phi) is 3.64. The molecule has 0 atom stereocenters. The molecule has 0 spiro atoms. The van der Waals surface area contributed by atoms with E-state index in [0.29, 0.717) is 5.41 Å². The second-order valence-corrected chi connectivity index (χ2v) is 4.42. The molecular formula is C10H17Br. The lowest BCUT2D eigenvalue weighted by Gasteiger charge is -2.30. The molecule has 0 aliphatic heterocycles. The third-order valence-electron chi connectivity index (χ3n) is 2.61. The summed E-state index contributed by atoms with van der Waals surface area (Å²) in [5.41, 5.74) is 0.520. The van der Waals surface area contributed by atoms with Crippen molar-refractivity contribution in [1.29, 1.82) is 0 Å². The quantitative estimate of drug-likeness (QED) is 0.486. The molecule has 1 heteroatoms. The standard InChI is InChI=1S/C10H17Br/c1-10(8-5-9-11)6-3-2-4-7-10/h5,8H,2-4,6-7,9H2,1H3/b8-5+. The van der Waals surface area contributed by atoms with Crippen molar-refractivity contribution < 1.29 is 0 Å². The van der Waals surface area contributed by atoms with Gasteiger partial charge in [-0.2, -0.15) is 0 Å². The van der Waals surface area contributed by atoms with Gasteiger partial charge in [-0.05, 0) is 18.3 Å². The maximum absolute atomic E-state index is 3.41. The summed E-state index contributed by atoms with van der Waals surface area (Å²) in [4.78, 5) is 0. The summed E-state index contributed by atoms with van der Waals surface area (Å²) in [7, 11) is 0. The Bertz CT molecular complexity index is 132. The van der Waals surface area contributed by atoms with Crippen LogP contribution >= 0.6 is 15.9 Å². The molecule has 0 heterocycles. The Hall–Kier alpha value is 0.220. The van der Waals surface area contributed by atoms with Crippen molar-refractivity contribution >= 4 is 15.9 Å². The first-order valence-corrected chi connectivity index (χ1v) is 5.63. The summed E-state index contributed by atoms with van der Waals surface area (Å²) < 4.78 is 0. The highest BCUT2D eigenvalue weighted by Crippen LogP contribution is 2.36. The van der Waals surface area contributed by atoms with E-state index in [9.17, 15) is 0 Å². The summed E-state index contributed by atoms with van der Waals surface area (Å²) in [6, 6.07) is 0. The van der Waals surface area contributed by atoms with E-state index in [1.165, 1.54) is 32.1 Å². The predicted molar refractivity (Wildman–Crippen MR) is 54.1 cm³/mol. The van der Waals surface area contributed by atoms with Crippen molar-refractivity contribution in [2.45, 2.75) is 39.0 Å². The third-order valence-corrected chi connectivity index (χ3v) is 2.98. The molecule has 0 radical (unpaired) electrons. The van der Waals surface area contributed by atoms with Crippen LogP contribution in [0.25, 0.3) is 0 Å². The molecule has 0 aromatic carbocycles. The molecule has 64 valence electrons. The maximum Gasteiger partial charge on any atom is 0.0212 e. The fraction of sp³-hybridized carbons (Fsp3) is 0.800. The van der Waals surface area contributed by atoms with Gasteiger partial charge < -0.3 is 0 Å². The van der Waals surface area contributed by atoms with Gasteiger partial charge in [-0.15, -0.1) is 0 Å². The van der Waals surface area contributed by atoms with Crippen LogP contribution in [0.5, 0.6) is 0 Å². The number of allylic oxidation sites excluding steroid dienone is 2. The van der Waals surface area contributed by atoms with Gasteiger partial charge in [0, 0.05) is 5.33 Å². The Morgan fingerprint density at radius 1 is 1.27 bits per heavy atom. The zero-order valence-electron chi connectivity index (χ0n) is 7.28. The molecule has 1 aliphatic rings. The van der Waals surface area contributed by atoms with Crippen molar-refractivity contribution in [1.82, 2.24) is 0 Å². The summed E-state index contributed by atoms with van der Waals surface area (Å²) in [5, 5.41) is 1.00. The number of alkyl halides is 1. The number of halogens is 1. The van der Waals surface area contributed by atoms with E-state index in [4.69, 9.17) is 0 Å². The normalized spacial score (nSPS) is 24.2. The van der Waals surface area contributed by atoms with Crippen LogP contribution in [-0.2, 0) is 0 Å². The first-order valence-electron chi connectivity index (χ1n) is 4.50. The van der Waals surface area contributed by atoms with Crippen LogP contribution in [0.3, 0.4) is 0 Å². The average Bonchev–Trinajstić information content (AvgIpc) is 2.03. The molecular weight excluding hydrogens is 200 g/mol. The van der Waals surface area contributed by atoms with Gasteiger partial charge in [-0.3, -0.25) is 0 Å². The van der Waals surface area contributed by atoms with Crippen LogP contribution in [0.4, 0.5) is 0 Å². The molecule has 0 nitrogen and oxygen atoms in total. The number of rotatable bonds is 2. The Labute approximate surface area is 78.2 Å². The second-order valence-electron chi connectivity index (χ2n) is 3.77. The monoisotopic (exact) mass is 216 g/mol. The Balaban J connectivity index is 2.43. The molecule has 0 aromatic heterocycles. The van der Waals surface area contributed by atoms with Crippen LogP contribution in [-0.4, -0.2) is 5.33 Å². The summed E-state index contributed by atoms with van der Waals surface area (Å²) in [6.45, 7) is 2.38. The van der Waals surface area contributed by atoms with Gasteiger partial charge in [0.05, 0.1) is 0 Å². The van der Waals surface area contributed by atoms with Crippen LogP contribution < -0.4 is 0 Å². The van der Waals surface area contributed by atoms with Gasteiger partial charge in [0.1, 0.15) is 0 Å². The minimum absolute atomic E-state index is 0.520. The van der Waals surface area contributed by atoms with Gasteiger partial charge in [0.2, 0.25) is 0 Å². The minimum atomic E-state index is 0.520. The third kappa shape index (κ3) is 2.98. The zero-order valence-corrected chi connectivity index (χ0v) is 8.86. The van der Waals surface area contributed by atoms with Gasteiger partial charge in [0.15, 0.2) is 0 Å². The molecule has 0 bridgehead atoms. The fourth-order valence-corrected chi connectivity index (χ4v) is 2.04. The first-order chi connectivity index (χ1) is 5.27. The van der Waals surface area contributed by atoms with Gasteiger partial charge >= 0.3 is 0 Å². The van der Waals surface area contributed by atoms with E-state index < -0.39 is 0 Å². The van der Waals surface area contributed by atoms with Crippen LogP contribution in [0.1, 0.15) is 39.0 Å². The number of hydrogen-bond donors (Lipinski definition) is 0. The van der Waals surface area contributed by atoms with E-state index in [1.807, 2.05) is 0 Å². The smallest absolute Gasteiger partial charge is 0.0212 e. The predicted octanol–water partition coefficient (Wildman–Crippen LogP) is 3.91. The lowest BCUT2D eigenvalue weighted by molar-refractivity contribution is 0.286. The van der Waals surface area contributed by atoms with E-state index in [1.54, 1.807) is 0 Å². The second kappa shape index (κ2) is 4.30. The molecule has 0 amide bonds. The Morgan fingerprint density at radius 3 is 2.45 bits per heavy atom. The van der Waals surface area contributed by atoms with Crippen molar-refractivity contribution in [3.63, 3.8) is 0 Å². The van der Waals surface area contributed by atoms with Crippen molar-refractivity contribution in [3.8, 4) is 0 Å². The van der Waals surface area contributed by atoms with E-state index in [-0.39, 0.29) is 0 Å². The average molecular weight is 217 g/mol. The van der Waals surface area contributed by atoms with Gasteiger partial charge in [-0.25, -0.2) is 0 Å². The largest absolute Gasteiger partial charge is 0.0883 e. The fourth-order valence-electron chi connectivity index (χ4n) is 1.86. The minimum Gasteiger partial charge on any atom is -0.0883 e. The van der Waals surface area contributed by atoms with E-state index >= 15 is 0 Å². The van der Waals surface area contributed by atoms with Crippen molar-refractivity contribution in [3.05, 3.63) is 12.2 Å². The molecule has 11 heavy (non-hydrogen) atoms. The molecule has 0 N–H and O–H groups in total. The molecule has 0 aromatic rings. The lowest BCUT2D eigenvalue weighted by atomic mass is 9.76. The van der Waals surface area contributed by atoms with E-state index in [0.717, 1.165) is 5.33 Å². The SMILES string of the molecule is CC1(/C=C/CBr)CCCCC1. The molecule has 1 rings (SSSR count). The first kappa shape index (κ1) is 9.31. The molecule has 0 unspecified atom stereocenters. The summed E-state index contributed by atoms with van der Waals surface area (Å²) >= 11 is 3.41. The Morgan fingerprint density at radius 2 is 1.91 bits per heavy atom. The van der Waals surface area contributed by atoms with Crippen LogP contribution in [0, 0.1) is 5.41 Å². The summed E-state index contributed by atoms with van der Waals surface area (Å²) in [5.74, 6) is 0. The topological polar surface area (TPSA) is 0 Å². The maximum atomic E-state index is 3.41. The highest BCUT2D eigenvalue weighted by molar-refractivity contribution is 9.09. The highest BCUT2D eigenvalue weighted by atomic mass is 79.9. The van der Waals surface area contributed by atoms with Crippen molar-refractivity contribution in [2.75, 3.05) is 5.33 Å². The van der Waals surface area contributed by atoms with Gasteiger partial charge in [-0.1, -0.05) is 54.3 Å². The molecule has 1 fully saturated rings. The molecule has 1 aliphatic carbocycles.